The van der Waals surface area contributed by atoms with Gasteiger partial charge in [-0.05, 0) is 12.8 Å². The number of halogens is 1. The highest BCUT2D eigenvalue weighted by molar-refractivity contribution is 5.85. The SMILES string of the molecule is Cl.NOC1CCCCO1. The van der Waals surface area contributed by atoms with E-state index in [0.29, 0.717) is 0 Å². The van der Waals surface area contributed by atoms with E-state index >= 15 is 0 Å². The van der Waals surface area contributed by atoms with Crippen LogP contribution in [0.4, 0.5) is 0 Å². The highest BCUT2D eigenvalue weighted by atomic mass is 35.5. The average molecular weight is 154 g/mol. The summed E-state index contributed by atoms with van der Waals surface area (Å²) in [4.78, 5) is 4.47. The molecule has 0 aromatic heterocycles. The Labute approximate surface area is 60.9 Å². The van der Waals surface area contributed by atoms with Gasteiger partial charge in [-0.3, -0.25) is 4.84 Å². The summed E-state index contributed by atoms with van der Waals surface area (Å²) < 4.78 is 5.08. The Kier molecular flexibility index (Phi) is 5.09. The number of nitrogens with two attached hydrogens (primary N) is 1. The van der Waals surface area contributed by atoms with E-state index in [1.807, 2.05) is 0 Å². The van der Waals surface area contributed by atoms with Gasteiger partial charge in [-0.15, -0.1) is 12.4 Å². The first-order valence-electron chi connectivity index (χ1n) is 2.90. The molecule has 1 rings (SSSR count). The first kappa shape index (κ1) is 9.17. The van der Waals surface area contributed by atoms with Crippen molar-refractivity contribution in [3.8, 4) is 0 Å². The van der Waals surface area contributed by atoms with E-state index < -0.39 is 0 Å². The van der Waals surface area contributed by atoms with E-state index in [9.17, 15) is 0 Å². The van der Waals surface area contributed by atoms with Crippen LogP contribution in [0.3, 0.4) is 0 Å². The fourth-order valence-electron chi connectivity index (χ4n) is 0.819. The molecule has 1 aliphatic heterocycles. The number of ether oxygens (including phenoxy) is 1. The van der Waals surface area contributed by atoms with Gasteiger partial charge in [0, 0.05) is 13.0 Å². The normalized spacial score (nSPS) is 27.0. The van der Waals surface area contributed by atoms with Crippen molar-refractivity contribution in [3.05, 3.63) is 0 Å². The van der Waals surface area contributed by atoms with Crippen LogP contribution in [-0.2, 0) is 9.57 Å². The Bertz CT molecular complexity index is 66.0. The smallest absolute Gasteiger partial charge is 0.176 e. The van der Waals surface area contributed by atoms with Crippen molar-refractivity contribution in [2.24, 2.45) is 5.90 Å². The summed E-state index contributed by atoms with van der Waals surface area (Å²) in [5, 5.41) is 0. The summed E-state index contributed by atoms with van der Waals surface area (Å²) in [5.74, 6) is 4.88. The molecule has 0 aromatic carbocycles. The lowest BCUT2D eigenvalue weighted by Gasteiger charge is -2.19. The third-order valence-electron chi connectivity index (χ3n) is 1.29. The van der Waals surface area contributed by atoms with Crippen LogP contribution in [0.1, 0.15) is 19.3 Å². The van der Waals surface area contributed by atoms with Crippen molar-refractivity contribution in [3.63, 3.8) is 0 Å². The zero-order valence-electron chi connectivity index (χ0n) is 5.21. The number of rotatable bonds is 1. The molecule has 4 heteroatoms. The lowest BCUT2D eigenvalue weighted by Crippen LogP contribution is -2.24. The minimum Gasteiger partial charge on any atom is -0.351 e. The van der Waals surface area contributed by atoms with Crippen LogP contribution in [0, 0.1) is 0 Å². The molecule has 1 unspecified atom stereocenters. The molecule has 1 saturated heterocycles. The standard InChI is InChI=1S/C5H11NO2.ClH/c6-8-5-3-1-2-4-7-5;/h5H,1-4,6H2;1H. The molecule has 1 aliphatic rings. The topological polar surface area (TPSA) is 44.5 Å². The predicted molar refractivity (Wildman–Crippen MR) is 36.1 cm³/mol. The van der Waals surface area contributed by atoms with Crippen LogP contribution < -0.4 is 5.90 Å². The van der Waals surface area contributed by atoms with Crippen LogP contribution >= 0.6 is 12.4 Å². The fourth-order valence-corrected chi connectivity index (χ4v) is 0.819. The summed E-state index contributed by atoms with van der Waals surface area (Å²) in [6.45, 7) is 0.794. The maximum atomic E-state index is 5.08. The summed E-state index contributed by atoms with van der Waals surface area (Å²) in [7, 11) is 0. The van der Waals surface area contributed by atoms with Crippen molar-refractivity contribution in [2.45, 2.75) is 25.6 Å². The molecule has 0 saturated carbocycles. The molecule has 0 radical (unpaired) electrons. The second-order valence-corrected chi connectivity index (χ2v) is 1.93. The number of hydrogen-bond donors (Lipinski definition) is 1. The van der Waals surface area contributed by atoms with Gasteiger partial charge >= 0.3 is 0 Å². The Morgan fingerprint density at radius 3 is 2.56 bits per heavy atom. The van der Waals surface area contributed by atoms with Crippen LogP contribution in [-0.4, -0.2) is 12.9 Å². The lowest BCUT2D eigenvalue weighted by atomic mass is 10.2. The van der Waals surface area contributed by atoms with Gasteiger partial charge in [-0.1, -0.05) is 0 Å². The van der Waals surface area contributed by atoms with E-state index in [-0.39, 0.29) is 18.7 Å². The second kappa shape index (κ2) is 4.99. The van der Waals surface area contributed by atoms with Crippen LogP contribution in [0.15, 0.2) is 0 Å². The summed E-state index contributed by atoms with van der Waals surface area (Å²) in [5.41, 5.74) is 0. The average Bonchev–Trinajstić information content (AvgIpc) is 1.90. The summed E-state index contributed by atoms with van der Waals surface area (Å²) in [6.07, 6.45) is 3.11. The van der Waals surface area contributed by atoms with Gasteiger partial charge in [0.1, 0.15) is 0 Å². The Balaban J connectivity index is 0.000000640. The van der Waals surface area contributed by atoms with Gasteiger partial charge in [0.15, 0.2) is 6.29 Å². The monoisotopic (exact) mass is 153 g/mol. The van der Waals surface area contributed by atoms with E-state index in [4.69, 9.17) is 10.6 Å². The van der Waals surface area contributed by atoms with Crippen molar-refractivity contribution < 1.29 is 9.57 Å². The molecule has 2 N–H and O–H groups in total. The molecule has 56 valence electrons. The van der Waals surface area contributed by atoms with E-state index in [0.717, 1.165) is 19.4 Å². The largest absolute Gasteiger partial charge is 0.351 e. The van der Waals surface area contributed by atoms with Crippen molar-refractivity contribution in [1.82, 2.24) is 0 Å². The fraction of sp³-hybridized carbons (Fsp3) is 1.00. The maximum absolute atomic E-state index is 5.08. The molecule has 0 amide bonds. The molecule has 9 heavy (non-hydrogen) atoms. The minimum atomic E-state index is -0.135. The first-order valence-corrected chi connectivity index (χ1v) is 2.90. The molecule has 0 aliphatic carbocycles. The van der Waals surface area contributed by atoms with Gasteiger partial charge in [-0.2, -0.15) is 0 Å². The predicted octanol–water partition coefficient (Wildman–Crippen LogP) is 0.825. The van der Waals surface area contributed by atoms with Crippen LogP contribution in [0.25, 0.3) is 0 Å². The zero-order chi connectivity index (χ0) is 5.82. The molecule has 1 atom stereocenters. The van der Waals surface area contributed by atoms with Crippen molar-refractivity contribution in [1.29, 1.82) is 0 Å². The molecule has 0 spiro atoms. The number of hydrogen-bond acceptors (Lipinski definition) is 3. The van der Waals surface area contributed by atoms with Crippen LogP contribution in [0.5, 0.6) is 0 Å². The third kappa shape index (κ3) is 3.01. The second-order valence-electron chi connectivity index (χ2n) is 1.93. The first-order chi connectivity index (χ1) is 3.93. The highest BCUT2D eigenvalue weighted by Gasteiger charge is 2.11. The van der Waals surface area contributed by atoms with Crippen molar-refractivity contribution >= 4 is 12.4 Å². The van der Waals surface area contributed by atoms with Gasteiger partial charge < -0.3 is 4.74 Å². The maximum Gasteiger partial charge on any atom is 0.176 e. The molecule has 0 bridgehead atoms. The molecular weight excluding hydrogens is 142 g/mol. The highest BCUT2D eigenvalue weighted by Crippen LogP contribution is 2.11. The summed E-state index contributed by atoms with van der Waals surface area (Å²) in [6, 6.07) is 0. The summed E-state index contributed by atoms with van der Waals surface area (Å²) >= 11 is 0. The Morgan fingerprint density at radius 1 is 1.44 bits per heavy atom. The van der Waals surface area contributed by atoms with Gasteiger partial charge in [-0.25, -0.2) is 5.90 Å². The van der Waals surface area contributed by atoms with Crippen molar-refractivity contribution in [2.75, 3.05) is 6.61 Å². The molecule has 1 heterocycles. The van der Waals surface area contributed by atoms with Gasteiger partial charge in [0.2, 0.25) is 0 Å². The quantitative estimate of drug-likeness (QED) is 0.568. The molecular formula is C5H12ClNO2. The minimum absolute atomic E-state index is 0. The van der Waals surface area contributed by atoms with E-state index in [2.05, 4.69) is 4.84 Å². The third-order valence-corrected chi connectivity index (χ3v) is 1.29. The van der Waals surface area contributed by atoms with Crippen LogP contribution in [0.2, 0.25) is 0 Å². The van der Waals surface area contributed by atoms with Gasteiger partial charge in [0.05, 0.1) is 0 Å². The molecule has 3 nitrogen and oxygen atoms in total. The zero-order valence-corrected chi connectivity index (χ0v) is 6.02. The van der Waals surface area contributed by atoms with E-state index in [1.165, 1.54) is 6.42 Å². The molecule has 0 aromatic rings. The molecule has 1 fully saturated rings. The van der Waals surface area contributed by atoms with E-state index in [1.54, 1.807) is 0 Å². The lowest BCUT2D eigenvalue weighted by molar-refractivity contribution is -0.164. The van der Waals surface area contributed by atoms with Gasteiger partial charge in [0.25, 0.3) is 0 Å². The Hall–Kier alpha value is 0.170. The Morgan fingerprint density at radius 2 is 2.22 bits per heavy atom.